The molecule has 0 aromatic heterocycles. The van der Waals surface area contributed by atoms with Crippen molar-refractivity contribution in [3.8, 4) is 5.75 Å². The van der Waals surface area contributed by atoms with Crippen molar-refractivity contribution in [1.29, 1.82) is 0 Å². The molecular weight excluding hydrogens is 276 g/mol. The lowest BCUT2D eigenvalue weighted by Crippen LogP contribution is -2.06. The molecule has 0 saturated heterocycles. The fourth-order valence-electron chi connectivity index (χ4n) is 2.90. The van der Waals surface area contributed by atoms with E-state index in [9.17, 15) is 4.79 Å². The molecule has 0 heterocycles. The molecule has 0 bridgehead atoms. The topological polar surface area (TPSA) is 35.5 Å². The van der Waals surface area contributed by atoms with Crippen LogP contribution in [0.25, 0.3) is 0 Å². The fraction of sp³-hybridized carbons (Fsp3) is 0.526. The summed E-state index contributed by atoms with van der Waals surface area (Å²) in [6.07, 6.45) is 8.17. The standard InChI is InChI=1S/C19H26O3/c1-3-21-19(20)13-15(2)14-22-18-11-9-17(10-12-18)16-7-5-4-6-8-16/h9-13,16H,3-8,14H2,1-2H3. The van der Waals surface area contributed by atoms with Gasteiger partial charge in [0.15, 0.2) is 0 Å². The minimum atomic E-state index is -0.309. The van der Waals surface area contributed by atoms with Crippen LogP contribution in [-0.4, -0.2) is 19.2 Å². The molecule has 0 N–H and O–H groups in total. The molecule has 120 valence electrons. The SMILES string of the molecule is CCOC(=O)C=C(C)COc1ccc(C2CCCCC2)cc1. The molecule has 0 radical (unpaired) electrons. The smallest absolute Gasteiger partial charge is 0.330 e. The lowest BCUT2D eigenvalue weighted by molar-refractivity contribution is -0.137. The summed E-state index contributed by atoms with van der Waals surface area (Å²) in [7, 11) is 0. The van der Waals surface area contributed by atoms with Gasteiger partial charge in [-0.2, -0.15) is 0 Å². The Balaban J connectivity index is 1.84. The first-order valence-corrected chi connectivity index (χ1v) is 8.25. The summed E-state index contributed by atoms with van der Waals surface area (Å²) in [5.74, 6) is 1.25. The Labute approximate surface area is 133 Å². The second-order valence-corrected chi connectivity index (χ2v) is 5.94. The molecule has 1 aliphatic rings. The number of hydrogen-bond acceptors (Lipinski definition) is 3. The summed E-state index contributed by atoms with van der Waals surface area (Å²) in [6, 6.07) is 8.41. The molecule has 1 aromatic rings. The Bertz CT molecular complexity index is 496. The zero-order valence-electron chi connectivity index (χ0n) is 13.6. The Hall–Kier alpha value is -1.77. The Morgan fingerprint density at radius 2 is 1.86 bits per heavy atom. The van der Waals surface area contributed by atoms with Crippen LogP contribution in [0.15, 0.2) is 35.9 Å². The third-order valence-electron chi connectivity index (χ3n) is 4.07. The van der Waals surface area contributed by atoms with Crippen LogP contribution in [0.5, 0.6) is 5.75 Å². The van der Waals surface area contributed by atoms with E-state index in [0.29, 0.717) is 19.1 Å². The average molecular weight is 302 g/mol. The number of ether oxygens (including phenoxy) is 2. The second-order valence-electron chi connectivity index (χ2n) is 5.94. The molecule has 0 aliphatic heterocycles. The van der Waals surface area contributed by atoms with E-state index in [-0.39, 0.29) is 5.97 Å². The van der Waals surface area contributed by atoms with Gasteiger partial charge in [0.05, 0.1) is 6.61 Å². The van der Waals surface area contributed by atoms with Crippen molar-refractivity contribution >= 4 is 5.97 Å². The summed E-state index contributed by atoms with van der Waals surface area (Å²) in [4.78, 5) is 11.3. The number of rotatable bonds is 6. The van der Waals surface area contributed by atoms with Crippen LogP contribution in [0.2, 0.25) is 0 Å². The average Bonchev–Trinajstić information content (AvgIpc) is 2.54. The van der Waals surface area contributed by atoms with Crippen molar-refractivity contribution in [2.24, 2.45) is 0 Å². The van der Waals surface area contributed by atoms with Gasteiger partial charge in [0.25, 0.3) is 0 Å². The molecule has 1 fully saturated rings. The van der Waals surface area contributed by atoms with Gasteiger partial charge >= 0.3 is 5.97 Å². The van der Waals surface area contributed by atoms with E-state index < -0.39 is 0 Å². The van der Waals surface area contributed by atoms with Crippen molar-refractivity contribution in [2.45, 2.75) is 51.9 Å². The first-order chi connectivity index (χ1) is 10.7. The molecule has 3 heteroatoms. The van der Waals surface area contributed by atoms with Gasteiger partial charge in [-0.15, -0.1) is 0 Å². The molecular formula is C19H26O3. The number of carbonyl (C=O) groups excluding carboxylic acids is 1. The summed E-state index contributed by atoms with van der Waals surface area (Å²) >= 11 is 0. The maximum absolute atomic E-state index is 11.3. The zero-order chi connectivity index (χ0) is 15.8. The van der Waals surface area contributed by atoms with Crippen LogP contribution < -0.4 is 4.74 Å². The normalized spacial score (nSPS) is 16.4. The van der Waals surface area contributed by atoms with Crippen molar-refractivity contribution in [3.05, 3.63) is 41.5 Å². The number of carbonyl (C=O) groups is 1. The second kappa shape index (κ2) is 8.62. The predicted octanol–water partition coefficient (Wildman–Crippen LogP) is 4.62. The van der Waals surface area contributed by atoms with Gasteiger partial charge in [-0.25, -0.2) is 4.79 Å². The first-order valence-electron chi connectivity index (χ1n) is 8.25. The number of benzene rings is 1. The lowest BCUT2D eigenvalue weighted by atomic mass is 9.84. The van der Waals surface area contributed by atoms with Gasteiger partial charge in [-0.1, -0.05) is 31.4 Å². The van der Waals surface area contributed by atoms with E-state index >= 15 is 0 Å². The zero-order valence-corrected chi connectivity index (χ0v) is 13.6. The van der Waals surface area contributed by atoms with Gasteiger partial charge in [0.1, 0.15) is 12.4 Å². The highest BCUT2D eigenvalue weighted by Gasteiger charge is 2.15. The van der Waals surface area contributed by atoms with Crippen LogP contribution in [0.4, 0.5) is 0 Å². The van der Waals surface area contributed by atoms with Gasteiger partial charge in [0, 0.05) is 6.08 Å². The van der Waals surface area contributed by atoms with E-state index in [2.05, 4.69) is 12.1 Å². The molecule has 1 aromatic carbocycles. The Morgan fingerprint density at radius 1 is 1.18 bits per heavy atom. The van der Waals surface area contributed by atoms with Crippen molar-refractivity contribution < 1.29 is 14.3 Å². The molecule has 0 amide bonds. The van der Waals surface area contributed by atoms with Gasteiger partial charge in [-0.05, 0) is 55.9 Å². The number of esters is 1. The minimum Gasteiger partial charge on any atom is -0.489 e. The molecule has 0 spiro atoms. The van der Waals surface area contributed by atoms with Gasteiger partial charge in [-0.3, -0.25) is 0 Å². The van der Waals surface area contributed by atoms with Crippen LogP contribution >= 0.6 is 0 Å². The van der Waals surface area contributed by atoms with E-state index in [1.165, 1.54) is 43.7 Å². The van der Waals surface area contributed by atoms with Crippen LogP contribution in [0.3, 0.4) is 0 Å². The molecule has 3 nitrogen and oxygen atoms in total. The summed E-state index contributed by atoms with van der Waals surface area (Å²) in [6.45, 7) is 4.46. The maximum atomic E-state index is 11.3. The van der Waals surface area contributed by atoms with Gasteiger partial charge in [0.2, 0.25) is 0 Å². The molecule has 22 heavy (non-hydrogen) atoms. The highest BCUT2D eigenvalue weighted by molar-refractivity contribution is 5.82. The van der Waals surface area contributed by atoms with Crippen LogP contribution in [0.1, 0.15) is 57.4 Å². The third-order valence-corrected chi connectivity index (χ3v) is 4.07. The fourth-order valence-corrected chi connectivity index (χ4v) is 2.90. The van der Waals surface area contributed by atoms with E-state index in [1.54, 1.807) is 6.92 Å². The maximum Gasteiger partial charge on any atom is 0.330 e. The summed E-state index contributed by atoms with van der Waals surface area (Å²) in [5.41, 5.74) is 2.28. The van der Waals surface area contributed by atoms with Crippen LogP contribution in [0, 0.1) is 0 Å². The monoisotopic (exact) mass is 302 g/mol. The summed E-state index contributed by atoms with van der Waals surface area (Å²) in [5, 5.41) is 0. The predicted molar refractivity (Wildman–Crippen MR) is 88.2 cm³/mol. The first kappa shape index (κ1) is 16.6. The molecule has 0 atom stereocenters. The largest absolute Gasteiger partial charge is 0.489 e. The quantitative estimate of drug-likeness (QED) is 0.568. The molecule has 1 aliphatic carbocycles. The molecule has 0 unspecified atom stereocenters. The molecule has 2 rings (SSSR count). The molecule has 1 saturated carbocycles. The minimum absolute atomic E-state index is 0.309. The third kappa shape index (κ3) is 5.21. The lowest BCUT2D eigenvalue weighted by Gasteiger charge is -2.22. The number of hydrogen-bond donors (Lipinski definition) is 0. The Morgan fingerprint density at radius 3 is 2.50 bits per heavy atom. The van der Waals surface area contributed by atoms with Crippen molar-refractivity contribution in [2.75, 3.05) is 13.2 Å². The van der Waals surface area contributed by atoms with E-state index in [0.717, 1.165) is 11.3 Å². The van der Waals surface area contributed by atoms with Crippen LogP contribution in [-0.2, 0) is 9.53 Å². The van der Waals surface area contributed by atoms with E-state index in [4.69, 9.17) is 9.47 Å². The highest BCUT2D eigenvalue weighted by Crippen LogP contribution is 2.33. The van der Waals surface area contributed by atoms with E-state index in [1.807, 2.05) is 19.1 Å². The summed E-state index contributed by atoms with van der Waals surface area (Å²) < 4.78 is 10.6. The van der Waals surface area contributed by atoms with Crippen molar-refractivity contribution in [1.82, 2.24) is 0 Å². The Kier molecular flexibility index (Phi) is 6.50. The highest BCUT2D eigenvalue weighted by atomic mass is 16.5. The van der Waals surface area contributed by atoms with Gasteiger partial charge < -0.3 is 9.47 Å². The van der Waals surface area contributed by atoms with Crippen molar-refractivity contribution in [3.63, 3.8) is 0 Å².